The minimum absolute atomic E-state index is 0.340. The van der Waals surface area contributed by atoms with E-state index in [9.17, 15) is 5.11 Å². The van der Waals surface area contributed by atoms with E-state index >= 15 is 0 Å². The van der Waals surface area contributed by atoms with E-state index in [4.69, 9.17) is 4.74 Å². The predicted molar refractivity (Wildman–Crippen MR) is 98.0 cm³/mol. The lowest BCUT2D eigenvalue weighted by molar-refractivity contribution is 0.0188. The third-order valence-corrected chi connectivity index (χ3v) is 7.04. The maximum atomic E-state index is 10.4. The summed E-state index contributed by atoms with van der Waals surface area (Å²) in [5.41, 5.74) is 1.46. The number of β-amino-alcohol motifs (C(OH)–C–C–N with tert-alkyl or cyclic N) is 1. The Morgan fingerprint density at radius 1 is 1.25 bits per heavy atom. The fourth-order valence-corrected chi connectivity index (χ4v) is 5.72. The highest BCUT2D eigenvalue weighted by Gasteiger charge is 2.21. The zero-order valence-corrected chi connectivity index (χ0v) is 15.4. The molecular weight excluding hydrogens is 342 g/mol. The first-order chi connectivity index (χ1) is 11.8. The number of aryl methyl sites for hydroxylation is 2. The van der Waals surface area contributed by atoms with Gasteiger partial charge in [0.2, 0.25) is 0 Å². The molecule has 0 unspecified atom stereocenters. The Hall–Kier alpha value is -0.730. The topological polar surface area (TPSA) is 58.5 Å². The van der Waals surface area contributed by atoms with Crippen molar-refractivity contribution in [3.05, 3.63) is 16.8 Å². The van der Waals surface area contributed by atoms with Crippen LogP contribution in [0, 0.1) is 0 Å². The van der Waals surface area contributed by atoms with Crippen molar-refractivity contribution in [3.63, 3.8) is 0 Å². The van der Waals surface area contributed by atoms with Crippen LogP contribution in [0.25, 0.3) is 10.2 Å². The van der Waals surface area contributed by atoms with Crippen molar-refractivity contribution >= 4 is 33.3 Å². The van der Waals surface area contributed by atoms with Crippen LogP contribution in [-0.4, -0.2) is 64.7 Å². The Morgan fingerprint density at radius 2 is 2.08 bits per heavy atom. The number of fused-ring (bicyclic) bond motifs is 3. The third kappa shape index (κ3) is 3.60. The maximum Gasteiger partial charge on any atom is 0.128 e. The number of morpholine rings is 1. The zero-order chi connectivity index (χ0) is 16.4. The largest absolute Gasteiger partial charge is 0.391 e. The summed E-state index contributed by atoms with van der Waals surface area (Å²) in [6.45, 7) is 4.09. The quantitative estimate of drug-likeness (QED) is 0.648. The van der Waals surface area contributed by atoms with Crippen LogP contribution >= 0.6 is 23.1 Å². The van der Waals surface area contributed by atoms with Gasteiger partial charge in [0.1, 0.15) is 16.2 Å². The molecular formula is C17H23N3O2S2. The molecule has 1 aliphatic carbocycles. The number of hydrogen-bond donors (Lipinski definition) is 1. The van der Waals surface area contributed by atoms with Crippen molar-refractivity contribution in [3.8, 4) is 0 Å². The number of thiophene rings is 1. The van der Waals surface area contributed by atoms with Gasteiger partial charge in [-0.1, -0.05) is 0 Å². The minimum atomic E-state index is -0.340. The predicted octanol–water partition coefficient (Wildman–Crippen LogP) is 2.36. The monoisotopic (exact) mass is 365 g/mol. The summed E-state index contributed by atoms with van der Waals surface area (Å²) in [5, 5.41) is 12.7. The molecule has 1 N–H and O–H groups in total. The number of aliphatic hydroxyl groups excluding tert-OH is 1. The van der Waals surface area contributed by atoms with Crippen molar-refractivity contribution in [2.24, 2.45) is 0 Å². The van der Waals surface area contributed by atoms with E-state index in [0.717, 1.165) is 42.6 Å². The highest BCUT2D eigenvalue weighted by Crippen LogP contribution is 2.39. The Bertz CT molecular complexity index is 700. The van der Waals surface area contributed by atoms with E-state index in [1.54, 1.807) is 18.1 Å². The molecule has 1 saturated heterocycles. The first-order valence-corrected chi connectivity index (χ1v) is 10.5. The number of thioether (sulfide) groups is 1. The summed E-state index contributed by atoms with van der Waals surface area (Å²) < 4.78 is 5.36. The van der Waals surface area contributed by atoms with Crippen LogP contribution in [0.2, 0.25) is 0 Å². The molecule has 5 nitrogen and oxygen atoms in total. The normalized spacial score (nSPS) is 20.2. The lowest BCUT2D eigenvalue weighted by Gasteiger charge is -2.28. The summed E-state index contributed by atoms with van der Waals surface area (Å²) in [4.78, 5) is 13.9. The molecule has 3 heterocycles. The molecule has 2 aliphatic rings. The first kappa shape index (κ1) is 16.7. The molecule has 0 radical (unpaired) electrons. The Balaban J connectivity index is 1.45. The number of nitrogens with zero attached hydrogens (tertiary/aromatic N) is 3. The number of ether oxygens (including phenoxy) is 1. The SMILES string of the molecule is O[C@@H](CSc1ncnc2sc3c(c12)CCCC3)CN1CCOCC1. The van der Waals surface area contributed by atoms with Gasteiger partial charge in [0.15, 0.2) is 0 Å². The third-order valence-electron chi connectivity index (χ3n) is 4.70. The van der Waals surface area contributed by atoms with E-state index < -0.39 is 0 Å². The molecule has 1 atom stereocenters. The van der Waals surface area contributed by atoms with E-state index in [-0.39, 0.29) is 6.10 Å². The number of aliphatic hydroxyl groups is 1. The van der Waals surface area contributed by atoms with Gasteiger partial charge in [-0.3, -0.25) is 4.90 Å². The summed E-state index contributed by atoms with van der Waals surface area (Å²) in [7, 11) is 0. The van der Waals surface area contributed by atoms with Crippen molar-refractivity contribution in [2.75, 3.05) is 38.6 Å². The zero-order valence-electron chi connectivity index (χ0n) is 13.7. The molecule has 7 heteroatoms. The van der Waals surface area contributed by atoms with Gasteiger partial charge < -0.3 is 9.84 Å². The van der Waals surface area contributed by atoms with Crippen LogP contribution in [-0.2, 0) is 17.6 Å². The van der Waals surface area contributed by atoms with Gasteiger partial charge in [-0.25, -0.2) is 9.97 Å². The van der Waals surface area contributed by atoms with Crippen LogP contribution in [0.1, 0.15) is 23.3 Å². The molecule has 0 aromatic carbocycles. The molecule has 0 bridgehead atoms. The van der Waals surface area contributed by atoms with Crippen molar-refractivity contribution in [2.45, 2.75) is 36.8 Å². The van der Waals surface area contributed by atoms with Gasteiger partial charge in [0, 0.05) is 35.7 Å². The second kappa shape index (κ2) is 7.66. The van der Waals surface area contributed by atoms with Gasteiger partial charge in [0.05, 0.1) is 19.3 Å². The number of hydrogen-bond acceptors (Lipinski definition) is 7. The molecule has 0 spiro atoms. The van der Waals surface area contributed by atoms with Crippen LogP contribution in [0.3, 0.4) is 0 Å². The number of aromatic nitrogens is 2. The molecule has 2 aromatic rings. The molecule has 0 amide bonds. The van der Waals surface area contributed by atoms with E-state index in [1.807, 2.05) is 11.3 Å². The standard InChI is InChI=1S/C17H23N3O2S2/c21-12(9-20-5-7-22-8-6-20)10-23-16-15-13-3-1-2-4-14(13)24-17(15)19-11-18-16/h11-12,21H,1-10H2/t12-/m1/s1. The maximum absolute atomic E-state index is 10.4. The van der Waals surface area contributed by atoms with Crippen LogP contribution in [0.5, 0.6) is 0 Å². The molecule has 1 aliphatic heterocycles. The van der Waals surface area contributed by atoms with E-state index in [0.29, 0.717) is 12.3 Å². The van der Waals surface area contributed by atoms with E-state index in [2.05, 4.69) is 14.9 Å². The van der Waals surface area contributed by atoms with E-state index in [1.165, 1.54) is 35.1 Å². The number of rotatable bonds is 5. The highest BCUT2D eigenvalue weighted by atomic mass is 32.2. The molecule has 2 aromatic heterocycles. The Labute approximate surface area is 150 Å². The summed E-state index contributed by atoms with van der Waals surface area (Å²) in [6.07, 6.45) is 6.20. The highest BCUT2D eigenvalue weighted by molar-refractivity contribution is 7.99. The second-order valence-electron chi connectivity index (χ2n) is 6.45. The summed E-state index contributed by atoms with van der Waals surface area (Å²) in [6, 6.07) is 0. The first-order valence-electron chi connectivity index (χ1n) is 8.67. The summed E-state index contributed by atoms with van der Waals surface area (Å²) in [5.74, 6) is 0.675. The molecule has 0 saturated carbocycles. The van der Waals surface area contributed by atoms with Crippen molar-refractivity contribution < 1.29 is 9.84 Å². The average molecular weight is 366 g/mol. The lowest BCUT2D eigenvalue weighted by atomic mass is 9.97. The Kier molecular flexibility index (Phi) is 5.34. The van der Waals surface area contributed by atoms with Crippen molar-refractivity contribution in [1.29, 1.82) is 0 Å². The second-order valence-corrected chi connectivity index (χ2v) is 8.54. The van der Waals surface area contributed by atoms with Gasteiger partial charge in [-0.15, -0.1) is 23.1 Å². The van der Waals surface area contributed by atoms with Crippen LogP contribution in [0.4, 0.5) is 0 Å². The molecule has 24 heavy (non-hydrogen) atoms. The van der Waals surface area contributed by atoms with Gasteiger partial charge in [-0.05, 0) is 31.2 Å². The lowest BCUT2D eigenvalue weighted by Crippen LogP contribution is -2.41. The fraction of sp³-hybridized carbons (Fsp3) is 0.647. The van der Waals surface area contributed by atoms with Gasteiger partial charge in [0.25, 0.3) is 0 Å². The summed E-state index contributed by atoms with van der Waals surface area (Å²) >= 11 is 3.50. The molecule has 4 rings (SSSR count). The fourth-order valence-electron chi connectivity index (χ4n) is 3.48. The average Bonchev–Trinajstić information content (AvgIpc) is 3.00. The van der Waals surface area contributed by atoms with Gasteiger partial charge in [-0.2, -0.15) is 0 Å². The van der Waals surface area contributed by atoms with Crippen LogP contribution < -0.4 is 0 Å². The van der Waals surface area contributed by atoms with Gasteiger partial charge >= 0.3 is 0 Å². The molecule has 1 fully saturated rings. The molecule has 130 valence electrons. The Morgan fingerprint density at radius 3 is 2.96 bits per heavy atom. The van der Waals surface area contributed by atoms with Crippen LogP contribution in [0.15, 0.2) is 11.4 Å². The smallest absolute Gasteiger partial charge is 0.128 e. The van der Waals surface area contributed by atoms with Crippen molar-refractivity contribution in [1.82, 2.24) is 14.9 Å². The minimum Gasteiger partial charge on any atom is -0.391 e.